The molecule has 0 bridgehead atoms. The molecule has 4 aromatic rings. The van der Waals surface area contributed by atoms with Crippen LogP contribution in [0.4, 0.5) is 0 Å². The molecule has 0 saturated heterocycles. The fourth-order valence-corrected chi connectivity index (χ4v) is 3.56. The van der Waals surface area contributed by atoms with Crippen LogP contribution in [0.3, 0.4) is 0 Å². The van der Waals surface area contributed by atoms with Gasteiger partial charge in [0.1, 0.15) is 5.75 Å². The zero-order valence-corrected chi connectivity index (χ0v) is 16.8. The lowest BCUT2D eigenvalue weighted by Crippen LogP contribution is -2.11. The summed E-state index contributed by atoms with van der Waals surface area (Å²) >= 11 is 6.26. The molecule has 0 unspecified atom stereocenters. The lowest BCUT2D eigenvalue weighted by Gasteiger charge is -2.15. The first-order valence-electron chi connectivity index (χ1n) is 8.87. The van der Waals surface area contributed by atoms with Crippen LogP contribution in [0.2, 0.25) is 5.02 Å². The first-order chi connectivity index (χ1) is 13.9. The lowest BCUT2D eigenvalue weighted by atomic mass is 9.92. The summed E-state index contributed by atoms with van der Waals surface area (Å²) in [6, 6.07) is 12.0. The number of nitrogens with zero attached hydrogens (tertiary/aromatic N) is 1. The van der Waals surface area contributed by atoms with E-state index in [-0.39, 0.29) is 11.3 Å². The SMILES string of the molecule is COc1ccc(C(C)=O)cc1-c1c(-c2cc(C)no2)c(=O)[nH]c2ccc(Cl)cc12. The minimum atomic E-state index is -0.346. The summed E-state index contributed by atoms with van der Waals surface area (Å²) in [4.78, 5) is 27.9. The van der Waals surface area contributed by atoms with Crippen LogP contribution in [-0.2, 0) is 0 Å². The van der Waals surface area contributed by atoms with Gasteiger partial charge in [0.05, 0.1) is 18.4 Å². The smallest absolute Gasteiger partial charge is 0.260 e. The Bertz CT molecular complexity index is 1320. The molecule has 0 aliphatic rings. The molecule has 146 valence electrons. The number of H-pyrrole nitrogens is 1. The van der Waals surface area contributed by atoms with E-state index in [0.717, 1.165) is 0 Å². The van der Waals surface area contributed by atoms with Crippen molar-refractivity contribution in [3.05, 3.63) is 69.1 Å². The van der Waals surface area contributed by atoms with Crippen molar-refractivity contribution in [1.82, 2.24) is 10.1 Å². The van der Waals surface area contributed by atoms with Gasteiger partial charge in [-0.25, -0.2) is 0 Å². The topological polar surface area (TPSA) is 85.2 Å². The number of pyridine rings is 1. The number of methoxy groups -OCH3 is 1. The molecule has 0 atom stereocenters. The monoisotopic (exact) mass is 408 g/mol. The number of aryl methyl sites for hydroxylation is 1. The van der Waals surface area contributed by atoms with E-state index in [1.807, 2.05) is 0 Å². The number of aromatic nitrogens is 2. The summed E-state index contributed by atoms with van der Waals surface area (Å²) in [6.45, 7) is 3.26. The van der Waals surface area contributed by atoms with Crippen LogP contribution < -0.4 is 10.3 Å². The van der Waals surface area contributed by atoms with Gasteiger partial charge in [-0.05, 0) is 50.2 Å². The highest BCUT2D eigenvalue weighted by Gasteiger charge is 2.23. The summed E-state index contributed by atoms with van der Waals surface area (Å²) in [6.07, 6.45) is 0. The van der Waals surface area contributed by atoms with Crippen molar-refractivity contribution >= 4 is 28.3 Å². The highest BCUT2D eigenvalue weighted by Crippen LogP contribution is 2.41. The van der Waals surface area contributed by atoms with Gasteiger partial charge < -0.3 is 14.2 Å². The number of hydrogen-bond donors (Lipinski definition) is 1. The molecule has 0 saturated carbocycles. The number of aromatic amines is 1. The quantitative estimate of drug-likeness (QED) is 0.479. The van der Waals surface area contributed by atoms with E-state index in [2.05, 4.69) is 10.1 Å². The van der Waals surface area contributed by atoms with Crippen LogP contribution in [0, 0.1) is 6.92 Å². The molecule has 0 aliphatic heterocycles. The number of hydrogen-bond acceptors (Lipinski definition) is 5. The molecule has 0 spiro atoms. The number of Topliss-reactive ketones (excluding diaryl/α,β-unsaturated/α-hetero) is 1. The van der Waals surface area contributed by atoms with Crippen molar-refractivity contribution in [2.45, 2.75) is 13.8 Å². The third-order valence-electron chi connectivity index (χ3n) is 4.73. The van der Waals surface area contributed by atoms with E-state index in [1.165, 1.54) is 14.0 Å². The molecule has 0 fully saturated rings. The Hall–Kier alpha value is -3.38. The van der Waals surface area contributed by atoms with E-state index in [4.69, 9.17) is 20.9 Å². The number of carbonyl (C=O) groups is 1. The summed E-state index contributed by atoms with van der Waals surface area (Å²) in [5.41, 5.74) is 2.83. The molecule has 29 heavy (non-hydrogen) atoms. The number of nitrogens with one attached hydrogen (secondary N) is 1. The Kier molecular flexibility index (Phi) is 4.72. The van der Waals surface area contributed by atoms with Gasteiger partial charge in [0.15, 0.2) is 11.5 Å². The third-order valence-corrected chi connectivity index (χ3v) is 4.96. The predicted octanol–water partition coefficient (Wildman–Crippen LogP) is 5.02. The molecule has 2 aromatic heterocycles. The minimum absolute atomic E-state index is 0.0989. The van der Waals surface area contributed by atoms with Crippen molar-refractivity contribution in [2.75, 3.05) is 7.11 Å². The van der Waals surface area contributed by atoms with Crippen molar-refractivity contribution in [3.63, 3.8) is 0 Å². The van der Waals surface area contributed by atoms with E-state index in [1.54, 1.807) is 49.4 Å². The Balaban J connectivity index is 2.21. The van der Waals surface area contributed by atoms with Gasteiger partial charge in [-0.15, -0.1) is 0 Å². The first-order valence-corrected chi connectivity index (χ1v) is 9.25. The van der Waals surface area contributed by atoms with E-state index in [0.29, 0.717) is 55.4 Å². The average molecular weight is 409 g/mol. The molecular weight excluding hydrogens is 392 g/mol. The Labute approximate surface area is 171 Å². The number of ketones is 1. The number of halogens is 1. The lowest BCUT2D eigenvalue weighted by molar-refractivity contribution is 0.101. The fourth-order valence-electron chi connectivity index (χ4n) is 3.38. The van der Waals surface area contributed by atoms with Crippen molar-refractivity contribution in [3.8, 4) is 28.2 Å². The standard InChI is InChI=1S/C22H17ClN2O4/c1-11-8-19(29-25-11)21-20(15-10-14(23)5-6-17(15)24-22(21)27)16-9-13(12(2)26)4-7-18(16)28-3/h4-10H,1-3H3,(H,24,27). The number of fused-ring (bicyclic) bond motifs is 1. The Morgan fingerprint density at radius 2 is 1.93 bits per heavy atom. The summed E-state index contributed by atoms with van der Waals surface area (Å²) in [5.74, 6) is 0.730. The van der Waals surface area contributed by atoms with Crippen LogP contribution in [-0.4, -0.2) is 23.0 Å². The number of carbonyl (C=O) groups excluding carboxylic acids is 1. The van der Waals surface area contributed by atoms with Gasteiger partial charge in [0.2, 0.25) is 0 Å². The van der Waals surface area contributed by atoms with E-state index in [9.17, 15) is 9.59 Å². The van der Waals surface area contributed by atoms with Gasteiger partial charge in [0, 0.05) is 38.7 Å². The number of rotatable bonds is 4. The fraction of sp³-hybridized carbons (Fsp3) is 0.136. The summed E-state index contributed by atoms with van der Waals surface area (Å²) in [5, 5.41) is 5.12. The minimum Gasteiger partial charge on any atom is -0.496 e. The third kappa shape index (κ3) is 3.32. The molecule has 0 radical (unpaired) electrons. The molecule has 0 amide bonds. The van der Waals surface area contributed by atoms with Crippen LogP contribution in [0.1, 0.15) is 23.0 Å². The molecule has 1 N–H and O–H groups in total. The molecule has 2 heterocycles. The molecule has 7 heteroatoms. The normalized spacial score (nSPS) is 11.0. The molecule has 4 rings (SSSR count). The van der Waals surface area contributed by atoms with Crippen LogP contribution in [0.5, 0.6) is 5.75 Å². The van der Waals surface area contributed by atoms with Crippen molar-refractivity contribution in [2.24, 2.45) is 0 Å². The predicted molar refractivity (Wildman–Crippen MR) is 112 cm³/mol. The van der Waals surface area contributed by atoms with E-state index < -0.39 is 0 Å². The maximum atomic E-state index is 13.1. The first kappa shape index (κ1) is 19.0. The number of benzene rings is 2. The Morgan fingerprint density at radius 1 is 1.14 bits per heavy atom. The average Bonchev–Trinajstić information content (AvgIpc) is 3.12. The van der Waals surface area contributed by atoms with Crippen molar-refractivity contribution < 1.29 is 14.1 Å². The van der Waals surface area contributed by atoms with Gasteiger partial charge >= 0.3 is 0 Å². The highest BCUT2D eigenvalue weighted by atomic mass is 35.5. The maximum absolute atomic E-state index is 13.1. The van der Waals surface area contributed by atoms with Gasteiger partial charge in [-0.1, -0.05) is 16.8 Å². The zero-order valence-electron chi connectivity index (χ0n) is 16.0. The zero-order chi connectivity index (χ0) is 20.7. The van der Waals surface area contributed by atoms with Crippen molar-refractivity contribution in [1.29, 1.82) is 0 Å². The molecule has 6 nitrogen and oxygen atoms in total. The second kappa shape index (κ2) is 7.22. The van der Waals surface area contributed by atoms with Crippen LogP contribution >= 0.6 is 11.6 Å². The van der Waals surface area contributed by atoms with Gasteiger partial charge in [0.25, 0.3) is 5.56 Å². The van der Waals surface area contributed by atoms with Gasteiger partial charge in [-0.3, -0.25) is 9.59 Å². The second-order valence-corrected chi connectivity index (χ2v) is 7.13. The van der Waals surface area contributed by atoms with Crippen LogP contribution in [0.25, 0.3) is 33.4 Å². The maximum Gasteiger partial charge on any atom is 0.260 e. The van der Waals surface area contributed by atoms with Gasteiger partial charge in [-0.2, -0.15) is 0 Å². The molecule has 2 aromatic carbocycles. The molecular formula is C22H17ClN2O4. The second-order valence-electron chi connectivity index (χ2n) is 6.70. The van der Waals surface area contributed by atoms with Crippen LogP contribution in [0.15, 0.2) is 51.8 Å². The molecule has 0 aliphatic carbocycles. The summed E-state index contributed by atoms with van der Waals surface area (Å²) in [7, 11) is 1.53. The highest BCUT2D eigenvalue weighted by molar-refractivity contribution is 6.31. The Morgan fingerprint density at radius 3 is 2.59 bits per heavy atom. The van der Waals surface area contributed by atoms with E-state index >= 15 is 0 Å². The summed E-state index contributed by atoms with van der Waals surface area (Å²) < 4.78 is 11.0. The number of ether oxygens (including phenoxy) is 1. The largest absolute Gasteiger partial charge is 0.496 e.